The van der Waals surface area contributed by atoms with Gasteiger partial charge in [-0.05, 0) is 38.4 Å². The minimum Gasteiger partial charge on any atom is -0.504 e. The average molecular weight is 271 g/mol. The lowest BCUT2D eigenvalue weighted by atomic mass is 9.95. The van der Waals surface area contributed by atoms with E-state index in [4.69, 9.17) is 17.3 Å². The molecule has 1 fully saturated rings. The third-order valence-electron chi connectivity index (χ3n) is 3.82. The molecule has 1 aliphatic heterocycles. The number of nitrogens with two attached hydrogens (primary N) is 1. The van der Waals surface area contributed by atoms with Gasteiger partial charge in [0.2, 0.25) is 0 Å². The maximum atomic E-state index is 10.1. The number of phenols is 2. The topological polar surface area (TPSA) is 69.7 Å². The Kier molecular flexibility index (Phi) is 3.71. The van der Waals surface area contributed by atoms with Crippen molar-refractivity contribution in [3.05, 3.63) is 22.2 Å². The fourth-order valence-electron chi connectivity index (χ4n) is 2.76. The number of aromatic hydroxyl groups is 2. The van der Waals surface area contributed by atoms with E-state index in [1.807, 2.05) is 14.0 Å². The van der Waals surface area contributed by atoms with Crippen LogP contribution in [0.15, 0.2) is 6.07 Å². The molecule has 100 valence electrons. The predicted molar refractivity (Wildman–Crippen MR) is 72.1 cm³/mol. The van der Waals surface area contributed by atoms with Gasteiger partial charge in [-0.3, -0.25) is 4.90 Å². The molecule has 0 bridgehead atoms. The zero-order valence-corrected chi connectivity index (χ0v) is 11.4. The van der Waals surface area contributed by atoms with E-state index >= 15 is 0 Å². The highest BCUT2D eigenvalue weighted by Gasteiger charge is 2.33. The molecule has 5 heteroatoms. The molecule has 2 atom stereocenters. The van der Waals surface area contributed by atoms with Crippen LogP contribution in [0.3, 0.4) is 0 Å². The first-order valence-corrected chi connectivity index (χ1v) is 6.44. The van der Waals surface area contributed by atoms with Gasteiger partial charge in [0.25, 0.3) is 0 Å². The summed E-state index contributed by atoms with van der Waals surface area (Å²) < 4.78 is 0. The minimum atomic E-state index is -0.162. The lowest BCUT2D eigenvalue weighted by molar-refractivity contribution is 0.301. The van der Waals surface area contributed by atoms with Crippen LogP contribution in [0.5, 0.6) is 11.5 Å². The number of benzene rings is 1. The van der Waals surface area contributed by atoms with Gasteiger partial charge in [-0.1, -0.05) is 11.6 Å². The van der Waals surface area contributed by atoms with Gasteiger partial charge in [0.1, 0.15) is 0 Å². The number of halogens is 1. The highest BCUT2D eigenvalue weighted by atomic mass is 35.5. The molecule has 4 N–H and O–H groups in total. The van der Waals surface area contributed by atoms with Gasteiger partial charge in [-0.2, -0.15) is 0 Å². The van der Waals surface area contributed by atoms with Crippen LogP contribution in [0.25, 0.3) is 0 Å². The molecule has 2 rings (SSSR count). The average Bonchev–Trinajstić information content (AvgIpc) is 2.69. The summed E-state index contributed by atoms with van der Waals surface area (Å²) in [6, 6.07) is 1.44. The van der Waals surface area contributed by atoms with E-state index in [-0.39, 0.29) is 17.5 Å². The van der Waals surface area contributed by atoms with Gasteiger partial charge in [0.15, 0.2) is 11.5 Å². The van der Waals surface area contributed by atoms with Gasteiger partial charge in [-0.15, -0.1) is 0 Å². The van der Waals surface area contributed by atoms with Crippen LogP contribution in [0.4, 0.5) is 0 Å². The smallest absolute Gasteiger partial charge is 0.162 e. The van der Waals surface area contributed by atoms with E-state index < -0.39 is 0 Å². The molecule has 0 saturated carbocycles. The largest absolute Gasteiger partial charge is 0.504 e. The fraction of sp³-hybridized carbons (Fsp3) is 0.538. The van der Waals surface area contributed by atoms with Crippen LogP contribution in [-0.2, 0) is 0 Å². The molecule has 2 unspecified atom stereocenters. The Hall–Kier alpha value is -0.970. The standard InChI is InChI=1S/C13H19ClN2O2/c1-7-9(14)4-11(17)13(18)12(7)10-3-8(5-15)6-16(10)2/h4,8,10,17-18H,3,5-6,15H2,1-2H3. The SMILES string of the molecule is Cc1c(Cl)cc(O)c(O)c1C1CC(CN)CN1C. The quantitative estimate of drug-likeness (QED) is 0.719. The molecule has 0 spiro atoms. The molecule has 0 aromatic heterocycles. The van der Waals surface area contributed by atoms with Crippen LogP contribution in [0.1, 0.15) is 23.6 Å². The van der Waals surface area contributed by atoms with Crippen molar-refractivity contribution >= 4 is 11.6 Å². The van der Waals surface area contributed by atoms with Crippen molar-refractivity contribution in [1.82, 2.24) is 4.90 Å². The monoisotopic (exact) mass is 270 g/mol. The van der Waals surface area contributed by atoms with Gasteiger partial charge >= 0.3 is 0 Å². The summed E-state index contributed by atoms with van der Waals surface area (Å²) in [5, 5.41) is 20.2. The Morgan fingerprint density at radius 1 is 1.50 bits per heavy atom. The molecule has 0 aliphatic carbocycles. The van der Waals surface area contributed by atoms with E-state index in [1.165, 1.54) is 6.07 Å². The first-order chi connectivity index (χ1) is 8.45. The zero-order valence-electron chi connectivity index (χ0n) is 10.7. The van der Waals surface area contributed by atoms with Crippen molar-refractivity contribution in [2.24, 2.45) is 11.7 Å². The molecule has 1 heterocycles. The van der Waals surface area contributed by atoms with Crippen LogP contribution in [0.2, 0.25) is 5.02 Å². The third-order valence-corrected chi connectivity index (χ3v) is 4.22. The molecule has 18 heavy (non-hydrogen) atoms. The van der Waals surface area contributed by atoms with Crippen molar-refractivity contribution in [3.8, 4) is 11.5 Å². The summed E-state index contributed by atoms with van der Waals surface area (Å²) >= 11 is 6.07. The molecule has 4 nitrogen and oxygen atoms in total. The minimum absolute atomic E-state index is 0.0585. The van der Waals surface area contributed by atoms with Gasteiger partial charge in [0.05, 0.1) is 0 Å². The Labute approximate surface area is 112 Å². The molecule has 1 aromatic rings. The number of likely N-dealkylation sites (tertiary alicyclic amines) is 1. The van der Waals surface area contributed by atoms with Crippen LogP contribution < -0.4 is 5.73 Å². The molecule has 0 radical (unpaired) electrons. The maximum Gasteiger partial charge on any atom is 0.162 e. The lowest BCUT2D eigenvalue weighted by Gasteiger charge is -2.23. The second-order valence-corrected chi connectivity index (χ2v) is 5.46. The van der Waals surface area contributed by atoms with Crippen LogP contribution in [-0.4, -0.2) is 35.3 Å². The van der Waals surface area contributed by atoms with E-state index in [0.29, 0.717) is 17.5 Å². The Morgan fingerprint density at radius 3 is 2.72 bits per heavy atom. The highest BCUT2D eigenvalue weighted by molar-refractivity contribution is 6.31. The van der Waals surface area contributed by atoms with E-state index in [0.717, 1.165) is 24.1 Å². The predicted octanol–water partition coefficient (Wildman–Crippen LogP) is 2.01. The third kappa shape index (κ3) is 2.16. The Balaban J connectivity index is 2.45. The van der Waals surface area contributed by atoms with Gasteiger partial charge in [0, 0.05) is 29.2 Å². The Morgan fingerprint density at radius 2 is 2.17 bits per heavy atom. The number of hydrogen-bond acceptors (Lipinski definition) is 4. The van der Waals surface area contributed by atoms with Gasteiger partial charge in [-0.25, -0.2) is 0 Å². The van der Waals surface area contributed by atoms with E-state index in [1.54, 1.807) is 0 Å². The van der Waals surface area contributed by atoms with Crippen molar-refractivity contribution in [2.75, 3.05) is 20.1 Å². The summed E-state index contributed by atoms with van der Waals surface area (Å²) in [5.41, 5.74) is 7.25. The van der Waals surface area contributed by atoms with Crippen molar-refractivity contribution in [3.63, 3.8) is 0 Å². The van der Waals surface area contributed by atoms with Crippen molar-refractivity contribution in [1.29, 1.82) is 0 Å². The first kappa shape index (κ1) is 13.5. The second-order valence-electron chi connectivity index (χ2n) is 5.06. The zero-order chi connectivity index (χ0) is 13.4. The fourth-order valence-corrected chi connectivity index (χ4v) is 2.97. The summed E-state index contributed by atoms with van der Waals surface area (Å²) in [6.45, 7) is 3.39. The summed E-state index contributed by atoms with van der Waals surface area (Å²) in [7, 11) is 2.00. The summed E-state index contributed by atoms with van der Waals surface area (Å²) in [5.74, 6) is 0.191. The molecule has 1 aliphatic rings. The number of nitrogens with zero attached hydrogens (tertiary/aromatic N) is 1. The number of hydrogen-bond donors (Lipinski definition) is 3. The van der Waals surface area contributed by atoms with Crippen LogP contribution >= 0.6 is 11.6 Å². The first-order valence-electron chi connectivity index (χ1n) is 6.07. The molecular formula is C13H19ClN2O2. The normalized spacial score (nSPS) is 24.7. The molecule has 1 aromatic carbocycles. The second kappa shape index (κ2) is 4.96. The highest BCUT2D eigenvalue weighted by Crippen LogP contribution is 2.45. The van der Waals surface area contributed by atoms with Crippen molar-refractivity contribution < 1.29 is 10.2 Å². The van der Waals surface area contributed by atoms with E-state index in [9.17, 15) is 10.2 Å². The van der Waals surface area contributed by atoms with Crippen molar-refractivity contribution in [2.45, 2.75) is 19.4 Å². The summed E-state index contributed by atoms with van der Waals surface area (Å²) in [6.07, 6.45) is 0.876. The van der Waals surface area contributed by atoms with E-state index in [2.05, 4.69) is 4.90 Å². The molecule has 0 amide bonds. The lowest BCUT2D eigenvalue weighted by Crippen LogP contribution is -2.21. The number of rotatable bonds is 2. The maximum absolute atomic E-state index is 10.1. The number of phenolic OH excluding ortho intramolecular Hbond substituents is 2. The molecule has 1 saturated heterocycles. The van der Waals surface area contributed by atoms with Crippen LogP contribution in [0, 0.1) is 12.8 Å². The Bertz CT molecular complexity index is 439. The molecular weight excluding hydrogens is 252 g/mol. The summed E-state index contributed by atoms with van der Waals surface area (Å²) in [4.78, 5) is 2.15. The van der Waals surface area contributed by atoms with Gasteiger partial charge < -0.3 is 15.9 Å².